The molecule has 10 nitrogen and oxygen atoms in total. The monoisotopic (exact) mass is 549 g/mol. The number of aromatic amines is 1. The Kier molecular flexibility index (Phi) is 9.09. The molecule has 1 unspecified atom stereocenters. The first-order valence-electron chi connectivity index (χ1n) is 10.1. The van der Waals surface area contributed by atoms with Gasteiger partial charge in [-0.1, -0.05) is 53.5 Å². The summed E-state index contributed by atoms with van der Waals surface area (Å²) < 4.78 is 22.4. The molecular formula is C20H22Cl2N3O7PS. The van der Waals surface area contributed by atoms with Crippen LogP contribution in [0.5, 0.6) is 0 Å². The zero-order valence-corrected chi connectivity index (χ0v) is 21.1. The van der Waals surface area contributed by atoms with Crippen LogP contribution in [-0.4, -0.2) is 40.1 Å². The second kappa shape index (κ2) is 11.4. The highest BCUT2D eigenvalue weighted by molar-refractivity contribution is 8.07. The predicted octanol–water partition coefficient (Wildman–Crippen LogP) is 2.97. The Morgan fingerprint density at radius 3 is 2.74 bits per heavy atom. The minimum absolute atomic E-state index is 0.00723. The van der Waals surface area contributed by atoms with Gasteiger partial charge in [-0.15, -0.1) is 0 Å². The molecular weight excluding hydrogens is 528 g/mol. The minimum atomic E-state index is -3.70. The fraction of sp³-hybridized carbons (Fsp3) is 0.450. The second-order valence-corrected chi connectivity index (χ2v) is 11.5. The number of aromatic nitrogens is 2. The summed E-state index contributed by atoms with van der Waals surface area (Å²) in [4.78, 5) is 26.2. The molecule has 2 N–H and O–H groups in total. The maximum atomic E-state index is 12.3. The van der Waals surface area contributed by atoms with Crippen molar-refractivity contribution < 1.29 is 23.4 Å². The van der Waals surface area contributed by atoms with Crippen molar-refractivity contribution in [3.63, 3.8) is 0 Å². The lowest BCUT2D eigenvalue weighted by molar-refractivity contribution is -0.0457. The van der Waals surface area contributed by atoms with Gasteiger partial charge in [0.25, 0.3) is 10.1 Å². The van der Waals surface area contributed by atoms with Gasteiger partial charge in [0.15, 0.2) is 0 Å². The van der Waals surface area contributed by atoms with Crippen molar-refractivity contribution in [1.82, 2.24) is 9.55 Å². The molecule has 2 aromatic rings. The average Bonchev–Trinajstić information content (AvgIpc) is 3.18. The summed E-state index contributed by atoms with van der Waals surface area (Å²) in [5.74, 6) is 0. The van der Waals surface area contributed by atoms with Crippen LogP contribution >= 0.6 is 29.9 Å². The second-order valence-electron chi connectivity index (χ2n) is 7.33. The van der Waals surface area contributed by atoms with Crippen LogP contribution in [0, 0.1) is 18.3 Å². The third-order valence-electron chi connectivity index (χ3n) is 4.88. The van der Waals surface area contributed by atoms with Gasteiger partial charge in [-0.05, 0) is 18.7 Å². The molecule has 1 aliphatic rings. The maximum absolute atomic E-state index is 12.3. The van der Waals surface area contributed by atoms with E-state index >= 15 is 0 Å². The number of rotatable bonds is 10. The van der Waals surface area contributed by atoms with Crippen molar-refractivity contribution in [2.75, 3.05) is 13.2 Å². The molecule has 0 aliphatic carbocycles. The summed E-state index contributed by atoms with van der Waals surface area (Å²) in [6, 6.07) is 10.4. The molecule has 0 saturated carbocycles. The normalized spacial score (nSPS) is 22.3. The summed E-state index contributed by atoms with van der Waals surface area (Å²) in [6.07, 6.45) is -1.20. The number of H-pyrrole nitrogens is 1. The lowest BCUT2D eigenvalue weighted by Crippen LogP contribution is -2.33. The predicted molar refractivity (Wildman–Crippen MR) is 128 cm³/mol. The molecule has 184 valence electrons. The number of hydrogen-bond acceptors (Lipinski definition) is 9. The minimum Gasteiger partial charge on any atom is -0.394 e. The molecule has 14 heteroatoms. The van der Waals surface area contributed by atoms with Gasteiger partial charge >= 0.3 is 12.4 Å². The number of aliphatic hydroxyl groups is 1. The van der Waals surface area contributed by atoms with Crippen LogP contribution in [0.25, 0.3) is 0 Å². The fourth-order valence-corrected chi connectivity index (χ4v) is 6.56. The highest BCUT2D eigenvalue weighted by Gasteiger charge is 2.44. The van der Waals surface area contributed by atoms with Crippen LogP contribution in [0.2, 0.25) is 0 Å². The van der Waals surface area contributed by atoms with E-state index < -0.39 is 47.5 Å². The van der Waals surface area contributed by atoms with Crippen molar-refractivity contribution in [2.45, 2.75) is 42.7 Å². The highest BCUT2D eigenvalue weighted by Crippen LogP contribution is 2.59. The van der Waals surface area contributed by atoms with Crippen LogP contribution in [0.4, 0.5) is 0 Å². The summed E-state index contributed by atoms with van der Waals surface area (Å²) in [6.45, 7) is -2.72. The molecule has 0 radical (unpaired) electrons. The van der Waals surface area contributed by atoms with Gasteiger partial charge in [-0.3, -0.25) is 18.9 Å². The molecule has 1 fully saturated rings. The van der Waals surface area contributed by atoms with Gasteiger partial charge in [-0.25, -0.2) is 4.79 Å². The van der Waals surface area contributed by atoms with Crippen molar-refractivity contribution >= 4 is 41.7 Å². The van der Waals surface area contributed by atoms with Crippen molar-refractivity contribution in [3.05, 3.63) is 68.5 Å². The number of benzene rings is 1. The first kappa shape index (κ1) is 27.0. The smallest absolute Gasteiger partial charge is 0.330 e. The first-order chi connectivity index (χ1) is 16.1. The zero-order chi connectivity index (χ0) is 24.9. The number of ether oxygens (including phenoxy) is 1. The number of aliphatic hydroxyl groups excluding tert-OH is 1. The average molecular weight is 550 g/mol. The highest BCUT2D eigenvalue weighted by atomic mass is 35.5. The van der Waals surface area contributed by atoms with E-state index in [0.717, 1.165) is 0 Å². The van der Waals surface area contributed by atoms with E-state index in [1.165, 1.54) is 10.8 Å². The number of nitrogens with zero attached hydrogens (tertiary/aromatic N) is 2. The molecule has 0 spiro atoms. The summed E-state index contributed by atoms with van der Waals surface area (Å²) in [7, 11) is 0. The largest absolute Gasteiger partial charge is 0.394 e. The van der Waals surface area contributed by atoms with E-state index in [0.29, 0.717) is 11.1 Å². The van der Waals surface area contributed by atoms with E-state index in [1.54, 1.807) is 37.3 Å². The van der Waals surface area contributed by atoms with Gasteiger partial charge in [-0.2, -0.15) is 5.26 Å². The number of aryl methyl sites for hydroxylation is 1. The summed E-state index contributed by atoms with van der Waals surface area (Å²) in [5.41, 5.74) is -0.501. The van der Waals surface area contributed by atoms with Crippen molar-refractivity contribution in [3.8, 4) is 6.07 Å². The SMILES string of the molecule is Cc1cn([C@H]2C[C@H](OP(=S)(OCCC#N)OC(Cl)(Cl)c3ccccc3)[C@@H](CO)O2)c(=O)[nH]c1=O. The zero-order valence-electron chi connectivity index (χ0n) is 17.9. The van der Waals surface area contributed by atoms with Gasteiger partial charge < -0.3 is 18.9 Å². The number of alkyl halides is 2. The maximum Gasteiger partial charge on any atom is 0.330 e. The molecule has 34 heavy (non-hydrogen) atoms. The van der Waals surface area contributed by atoms with E-state index in [-0.39, 0.29) is 19.4 Å². The van der Waals surface area contributed by atoms with Crippen LogP contribution < -0.4 is 11.2 Å². The summed E-state index contributed by atoms with van der Waals surface area (Å²) in [5, 5.41) is 18.7. The quantitative estimate of drug-likeness (QED) is 0.260. The third kappa shape index (κ3) is 6.55. The Bertz CT molecular complexity index is 1200. The lowest BCUT2D eigenvalue weighted by atomic mass is 10.2. The Morgan fingerprint density at radius 1 is 1.38 bits per heavy atom. The fourth-order valence-electron chi connectivity index (χ4n) is 3.22. The molecule has 1 aliphatic heterocycles. The molecule has 1 aromatic carbocycles. The van der Waals surface area contributed by atoms with Gasteiger partial charge in [0.05, 0.1) is 31.8 Å². The number of hydrogen-bond donors (Lipinski definition) is 2. The molecule has 4 atom stereocenters. The van der Waals surface area contributed by atoms with Crippen molar-refractivity contribution in [1.29, 1.82) is 5.26 Å². The Labute approximate surface area is 210 Å². The Morgan fingerprint density at radius 2 is 2.09 bits per heavy atom. The van der Waals surface area contributed by atoms with Crippen LogP contribution in [0.15, 0.2) is 46.1 Å². The van der Waals surface area contributed by atoms with E-state index in [2.05, 4.69) is 4.98 Å². The number of nitriles is 1. The first-order valence-corrected chi connectivity index (χ1v) is 13.4. The standard InChI is InChI=1S/C20H22Cl2N3O7PS/c1-13-11-25(19(28)24-18(13)27)17-10-15(16(12-26)30-17)31-33(34,29-9-5-8-23)32-20(21,22)14-6-3-2-4-7-14/h2-4,6-7,11,15-17,26H,5,9-10,12H2,1H3,(H,24,27,28)/t15-,16+,17+,33?/m0/s1. The molecule has 0 bridgehead atoms. The van der Waals surface area contributed by atoms with Gasteiger partial charge in [0.1, 0.15) is 12.3 Å². The van der Waals surface area contributed by atoms with Crippen molar-refractivity contribution in [2.24, 2.45) is 0 Å². The summed E-state index contributed by atoms with van der Waals surface area (Å²) >= 11 is 18.4. The Balaban J connectivity index is 1.85. The van der Waals surface area contributed by atoms with Crippen LogP contribution in [0.3, 0.4) is 0 Å². The number of halogens is 2. The Hall–Kier alpha value is -1.58. The van der Waals surface area contributed by atoms with E-state index in [9.17, 15) is 14.7 Å². The molecule has 1 aromatic heterocycles. The van der Waals surface area contributed by atoms with E-state index in [1.807, 2.05) is 6.07 Å². The van der Waals surface area contributed by atoms with Gasteiger partial charge in [0, 0.05) is 23.7 Å². The number of nitrogens with one attached hydrogen (secondary N) is 1. The lowest BCUT2D eigenvalue weighted by Gasteiger charge is -2.31. The molecule has 0 amide bonds. The molecule has 2 heterocycles. The third-order valence-corrected chi connectivity index (χ3v) is 8.01. The van der Waals surface area contributed by atoms with E-state index in [4.69, 9.17) is 58.6 Å². The topological polar surface area (TPSA) is 136 Å². The van der Waals surface area contributed by atoms with Gasteiger partial charge in [0.2, 0.25) is 0 Å². The van der Waals surface area contributed by atoms with Crippen LogP contribution in [-0.2, 0) is 34.6 Å². The van der Waals surface area contributed by atoms with Crippen LogP contribution in [0.1, 0.15) is 30.2 Å². The molecule has 3 rings (SSSR count). The molecule has 1 saturated heterocycles.